The third kappa shape index (κ3) is 0.956. The van der Waals surface area contributed by atoms with Crippen LogP contribution >= 0.6 is 0 Å². The number of hydrogen-bond acceptors (Lipinski definition) is 2. The quantitative estimate of drug-likeness (QED) is 0.515. The molecule has 1 saturated heterocycles. The molecule has 2 fully saturated rings. The van der Waals surface area contributed by atoms with E-state index in [0.29, 0.717) is 6.04 Å². The molecular formula is C8H15NO. The molecule has 0 bridgehead atoms. The van der Waals surface area contributed by atoms with Gasteiger partial charge in [-0.25, -0.2) is 0 Å². The Morgan fingerprint density at radius 2 is 2.10 bits per heavy atom. The summed E-state index contributed by atoms with van der Waals surface area (Å²) in [6.45, 7) is 1.12. The van der Waals surface area contributed by atoms with Gasteiger partial charge in [-0.05, 0) is 31.7 Å². The summed E-state index contributed by atoms with van der Waals surface area (Å²) in [7, 11) is 0. The van der Waals surface area contributed by atoms with Crippen LogP contribution in [0.25, 0.3) is 0 Å². The van der Waals surface area contributed by atoms with E-state index in [2.05, 4.69) is 5.32 Å². The Hall–Kier alpha value is -0.0800. The van der Waals surface area contributed by atoms with Crippen LogP contribution in [0.3, 0.4) is 0 Å². The predicted molar refractivity (Wildman–Crippen MR) is 39.8 cm³/mol. The van der Waals surface area contributed by atoms with Crippen LogP contribution in [0.4, 0.5) is 0 Å². The molecule has 2 aliphatic rings. The lowest BCUT2D eigenvalue weighted by atomic mass is 9.83. The molecule has 0 aromatic rings. The van der Waals surface area contributed by atoms with E-state index in [1.165, 1.54) is 19.3 Å². The summed E-state index contributed by atoms with van der Waals surface area (Å²) in [6.07, 6.45) is 4.79. The fourth-order valence-corrected chi connectivity index (χ4v) is 2.32. The van der Waals surface area contributed by atoms with Gasteiger partial charge in [0.25, 0.3) is 0 Å². The molecule has 1 aliphatic carbocycles. The molecule has 0 spiro atoms. The summed E-state index contributed by atoms with van der Waals surface area (Å²) >= 11 is 0. The van der Waals surface area contributed by atoms with E-state index >= 15 is 0 Å². The van der Waals surface area contributed by atoms with Crippen LogP contribution in [0.5, 0.6) is 0 Å². The van der Waals surface area contributed by atoms with Crippen molar-refractivity contribution in [1.29, 1.82) is 0 Å². The number of nitrogens with one attached hydrogen (secondary N) is 1. The van der Waals surface area contributed by atoms with Gasteiger partial charge in [0.1, 0.15) is 0 Å². The maximum absolute atomic E-state index is 9.52. The van der Waals surface area contributed by atoms with Crippen LogP contribution in [-0.4, -0.2) is 23.8 Å². The van der Waals surface area contributed by atoms with E-state index in [9.17, 15) is 5.11 Å². The van der Waals surface area contributed by atoms with Gasteiger partial charge in [0.05, 0.1) is 6.10 Å². The summed E-state index contributed by atoms with van der Waals surface area (Å²) in [5.74, 6) is 0.781. The Kier molecular flexibility index (Phi) is 1.66. The summed E-state index contributed by atoms with van der Waals surface area (Å²) in [5, 5.41) is 12.9. The zero-order valence-electron chi connectivity index (χ0n) is 6.21. The predicted octanol–water partition coefficient (Wildman–Crippen LogP) is 0.509. The summed E-state index contributed by atoms with van der Waals surface area (Å²) in [4.78, 5) is 0. The molecule has 2 nitrogen and oxygen atoms in total. The van der Waals surface area contributed by atoms with Gasteiger partial charge < -0.3 is 10.4 Å². The van der Waals surface area contributed by atoms with Crippen molar-refractivity contribution in [3.63, 3.8) is 0 Å². The normalized spacial score (nSPS) is 47.1. The summed E-state index contributed by atoms with van der Waals surface area (Å²) in [6, 6.07) is 0.439. The smallest absolute Gasteiger partial charge is 0.0695 e. The van der Waals surface area contributed by atoms with Gasteiger partial charge in [0, 0.05) is 6.04 Å². The molecule has 0 amide bonds. The lowest BCUT2D eigenvalue weighted by molar-refractivity contribution is 0.0779. The van der Waals surface area contributed by atoms with Crippen LogP contribution < -0.4 is 5.32 Å². The van der Waals surface area contributed by atoms with Crippen molar-refractivity contribution >= 4 is 0 Å². The first kappa shape index (κ1) is 6.62. The van der Waals surface area contributed by atoms with Crippen LogP contribution in [0, 0.1) is 5.92 Å². The molecule has 0 unspecified atom stereocenters. The highest BCUT2D eigenvalue weighted by Crippen LogP contribution is 2.30. The average Bonchev–Trinajstić information content (AvgIpc) is 2.36. The first-order valence-electron chi connectivity index (χ1n) is 4.29. The van der Waals surface area contributed by atoms with Crippen molar-refractivity contribution in [3.05, 3.63) is 0 Å². The van der Waals surface area contributed by atoms with E-state index in [1.807, 2.05) is 0 Å². The molecule has 2 N–H and O–H groups in total. The molecule has 0 aromatic carbocycles. The van der Waals surface area contributed by atoms with Crippen molar-refractivity contribution in [2.45, 2.75) is 37.8 Å². The SMILES string of the molecule is O[C@H]1CCC[C@H]2CCN[C@H]21. The Morgan fingerprint density at radius 3 is 2.90 bits per heavy atom. The van der Waals surface area contributed by atoms with Gasteiger partial charge in [-0.15, -0.1) is 0 Å². The van der Waals surface area contributed by atoms with Crippen molar-refractivity contribution < 1.29 is 5.11 Å². The van der Waals surface area contributed by atoms with Gasteiger partial charge in [-0.3, -0.25) is 0 Å². The first-order chi connectivity index (χ1) is 4.88. The minimum atomic E-state index is -0.0544. The largest absolute Gasteiger partial charge is 0.391 e. The third-order valence-corrected chi connectivity index (χ3v) is 2.89. The Balaban J connectivity index is 2.03. The molecule has 10 heavy (non-hydrogen) atoms. The molecule has 2 rings (SSSR count). The second kappa shape index (κ2) is 2.51. The number of fused-ring (bicyclic) bond motifs is 1. The molecule has 3 atom stereocenters. The number of aliphatic hydroxyl groups excluding tert-OH is 1. The van der Waals surface area contributed by atoms with Crippen LogP contribution in [0.2, 0.25) is 0 Å². The fraction of sp³-hybridized carbons (Fsp3) is 1.00. The zero-order chi connectivity index (χ0) is 6.97. The monoisotopic (exact) mass is 141 g/mol. The standard InChI is InChI=1S/C8H15NO/c10-7-3-1-2-6-4-5-9-8(6)7/h6-10H,1-5H2/t6-,7-,8+/m0/s1. The highest BCUT2D eigenvalue weighted by atomic mass is 16.3. The molecule has 0 radical (unpaired) electrons. The number of hydrogen-bond donors (Lipinski definition) is 2. The topological polar surface area (TPSA) is 32.3 Å². The maximum atomic E-state index is 9.52. The van der Waals surface area contributed by atoms with Gasteiger partial charge in [0.15, 0.2) is 0 Å². The highest BCUT2D eigenvalue weighted by Gasteiger charge is 2.34. The van der Waals surface area contributed by atoms with Gasteiger partial charge in [-0.2, -0.15) is 0 Å². The van der Waals surface area contributed by atoms with Gasteiger partial charge >= 0.3 is 0 Å². The number of rotatable bonds is 0. The van der Waals surface area contributed by atoms with Crippen LogP contribution in [0.1, 0.15) is 25.7 Å². The van der Waals surface area contributed by atoms with Crippen LogP contribution in [0.15, 0.2) is 0 Å². The molecule has 2 heteroatoms. The van der Waals surface area contributed by atoms with E-state index in [4.69, 9.17) is 0 Å². The van der Waals surface area contributed by atoms with E-state index in [0.717, 1.165) is 18.9 Å². The first-order valence-corrected chi connectivity index (χ1v) is 4.29. The van der Waals surface area contributed by atoms with E-state index in [-0.39, 0.29) is 6.10 Å². The zero-order valence-corrected chi connectivity index (χ0v) is 6.21. The average molecular weight is 141 g/mol. The molecule has 1 aliphatic heterocycles. The molecular weight excluding hydrogens is 126 g/mol. The lowest BCUT2D eigenvalue weighted by Gasteiger charge is -2.29. The van der Waals surface area contributed by atoms with Crippen molar-refractivity contribution in [1.82, 2.24) is 5.32 Å². The van der Waals surface area contributed by atoms with E-state index < -0.39 is 0 Å². The van der Waals surface area contributed by atoms with Crippen LogP contribution in [-0.2, 0) is 0 Å². The Morgan fingerprint density at radius 1 is 1.20 bits per heavy atom. The highest BCUT2D eigenvalue weighted by molar-refractivity contribution is 4.92. The Labute approximate surface area is 61.6 Å². The molecule has 1 saturated carbocycles. The molecule has 0 aromatic heterocycles. The number of aliphatic hydroxyl groups is 1. The molecule has 1 heterocycles. The van der Waals surface area contributed by atoms with Gasteiger partial charge in [0.2, 0.25) is 0 Å². The lowest BCUT2D eigenvalue weighted by Crippen LogP contribution is -2.41. The minimum absolute atomic E-state index is 0.0544. The van der Waals surface area contributed by atoms with Gasteiger partial charge in [-0.1, -0.05) is 6.42 Å². The minimum Gasteiger partial charge on any atom is -0.391 e. The molecule has 58 valence electrons. The second-order valence-electron chi connectivity index (χ2n) is 3.53. The van der Waals surface area contributed by atoms with Crippen molar-refractivity contribution in [3.8, 4) is 0 Å². The van der Waals surface area contributed by atoms with E-state index in [1.54, 1.807) is 0 Å². The summed E-state index contributed by atoms with van der Waals surface area (Å²) < 4.78 is 0. The third-order valence-electron chi connectivity index (χ3n) is 2.89. The fourth-order valence-electron chi connectivity index (χ4n) is 2.32. The second-order valence-corrected chi connectivity index (χ2v) is 3.53. The Bertz CT molecular complexity index is 126. The van der Waals surface area contributed by atoms with Crippen molar-refractivity contribution in [2.24, 2.45) is 5.92 Å². The maximum Gasteiger partial charge on any atom is 0.0695 e. The van der Waals surface area contributed by atoms with Crippen molar-refractivity contribution in [2.75, 3.05) is 6.54 Å². The summed E-state index contributed by atoms with van der Waals surface area (Å²) in [5.41, 5.74) is 0.